The summed E-state index contributed by atoms with van der Waals surface area (Å²) in [5.74, 6) is 1.05. The van der Waals surface area contributed by atoms with Gasteiger partial charge < -0.3 is 4.74 Å². The Balaban J connectivity index is 1.56. The van der Waals surface area contributed by atoms with E-state index in [1.54, 1.807) is 0 Å². The first-order valence-electron chi connectivity index (χ1n) is 17.5. The lowest BCUT2D eigenvalue weighted by Crippen LogP contribution is -2.40. The summed E-state index contributed by atoms with van der Waals surface area (Å²) >= 11 is 0. The minimum absolute atomic E-state index is 0.155. The Kier molecular flexibility index (Phi) is 11.0. The van der Waals surface area contributed by atoms with E-state index in [-0.39, 0.29) is 10.8 Å². The van der Waals surface area contributed by atoms with Crippen LogP contribution in [0.4, 0.5) is 0 Å². The molecule has 244 valence electrons. The first-order chi connectivity index (χ1) is 22.3. The van der Waals surface area contributed by atoms with Crippen molar-refractivity contribution in [2.45, 2.75) is 114 Å². The average molecular weight is 654 g/mol. The van der Waals surface area contributed by atoms with E-state index in [2.05, 4.69) is 123 Å². The summed E-state index contributed by atoms with van der Waals surface area (Å²) in [6.07, 6.45) is 13.3. The van der Waals surface area contributed by atoms with Crippen LogP contribution >= 0.6 is 7.92 Å². The third kappa shape index (κ3) is 7.61. The molecule has 2 atom stereocenters. The Morgan fingerprint density at radius 3 is 2.00 bits per heavy atom. The topological polar surface area (TPSA) is 29.5 Å². The third-order valence-electron chi connectivity index (χ3n) is 9.99. The van der Waals surface area contributed by atoms with Crippen LogP contribution in [0, 0.1) is 0 Å². The molecule has 5 heteroatoms. The fraction of sp³-hybridized carbons (Fsp3) is 0.463. The molecule has 0 N–H and O–H groups in total. The third-order valence-corrected chi connectivity index (χ3v) is 15.4. The van der Waals surface area contributed by atoms with Crippen molar-refractivity contribution in [3.05, 3.63) is 108 Å². The summed E-state index contributed by atoms with van der Waals surface area (Å²) in [4.78, 5) is 0. The highest BCUT2D eigenvalue weighted by Gasteiger charge is 2.39. The standard InChI is InChI=1S/C41H52NO2PS/c1-41(2,3)46(43)42(4)39(34-28-27-32-19-14-15-20-33(32)29-34)37-25-16-26-38(44-30-31-17-8-5-9-18-31)40(37)45(35-21-10-6-11-22-35)36-23-12-7-13-24-36/h5,8-9,14-20,25-29,35-36,39H,6-7,10-13,21-24,30H2,1-4H3. The summed E-state index contributed by atoms with van der Waals surface area (Å²) in [7, 11) is 0.363. The minimum atomic E-state index is -1.22. The van der Waals surface area contributed by atoms with Crippen LogP contribution in [0.1, 0.15) is 108 Å². The maximum Gasteiger partial charge on any atom is 0.127 e. The van der Waals surface area contributed by atoms with Crippen molar-refractivity contribution in [3.63, 3.8) is 0 Å². The monoisotopic (exact) mass is 653 g/mol. The van der Waals surface area contributed by atoms with Crippen molar-refractivity contribution in [1.29, 1.82) is 0 Å². The number of hydrogen-bond donors (Lipinski definition) is 0. The van der Waals surface area contributed by atoms with Gasteiger partial charge in [-0.3, -0.25) is 0 Å². The smallest absolute Gasteiger partial charge is 0.127 e. The van der Waals surface area contributed by atoms with Gasteiger partial charge in [-0.1, -0.05) is 125 Å². The first kappa shape index (κ1) is 33.4. The van der Waals surface area contributed by atoms with Crippen LogP contribution in [0.3, 0.4) is 0 Å². The molecule has 2 aliphatic rings. The molecule has 4 aromatic rings. The van der Waals surface area contributed by atoms with Gasteiger partial charge in [0.15, 0.2) is 0 Å². The summed E-state index contributed by atoms with van der Waals surface area (Å²) in [5.41, 5.74) is 5.10. The second-order valence-corrected chi connectivity index (χ2v) is 19.4. The van der Waals surface area contributed by atoms with E-state index in [0.717, 1.165) is 5.75 Å². The van der Waals surface area contributed by atoms with E-state index in [1.807, 2.05) is 0 Å². The quantitative estimate of drug-likeness (QED) is 0.159. The van der Waals surface area contributed by atoms with Crippen molar-refractivity contribution < 1.29 is 8.95 Å². The molecule has 0 aliphatic heterocycles. The molecule has 2 unspecified atom stereocenters. The van der Waals surface area contributed by atoms with Gasteiger partial charge in [0.05, 0.1) is 10.8 Å². The van der Waals surface area contributed by atoms with Gasteiger partial charge in [0.25, 0.3) is 0 Å². The highest BCUT2D eigenvalue weighted by atomic mass is 32.2. The molecule has 2 saturated carbocycles. The summed E-state index contributed by atoms with van der Waals surface area (Å²) in [6, 6.07) is 32.7. The molecule has 0 bridgehead atoms. The summed E-state index contributed by atoms with van der Waals surface area (Å²) in [6.45, 7) is 6.83. The molecule has 0 saturated heterocycles. The number of ether oxygens (including phenoxy) is 1. The normalized spacial score (nSPS) is 18.2. The van der Waals surface area contributed by atoms with Gasteiger partial charge in [-0.2, -0.15) is 0 Å². The molecule has 46 heavy (non-hydrogen) atoms. The van der Waals surface area contributed by atoms with Gasteiger partial charge in [-0.25, -0.2) is 8.51 Å². The molecule has 0 aromatic heterocycles. The van der Waals surface area contributed by atoms with Crippen LogP contribution < -0.4 is 10.0 Å². The SMILES string of the molecule is CN(C(c1ccc2ccccc2c1)c1cccc(OCc2ccccc2)c1P(C1CCCCC1)C1CCCCC1)S(=O)C(C)(C)C. The first-order valence-corrected chi connectivity index (χ1v) is 20.1. The van der Waals surface area contributed by atoms with Crippen molar-refractivity contribution in [3.8, 4) is 5.75 Å². The van der Waals surface area contributed by atoms with E-state index < -0.39 is 18.9 Å². The predicted molar refractivity (Wildman–Crippen MR) is 199 cm³/mol. The number of rotatable bonds is 10. The maximum absolute atomic E-state index is 14.3. The van der Waals surface area contributed by atoms with Gasteiger partial charge in [0, 0.05) is 12.4 Å². The van der Waals surface area contributed by atoms with Crippen LogP contribution in [-0.2, 0) is 17.6 Å². The number of benzene rings is 4. The molecule has 0 heterocycles. The van der Waals surface area contributed by atoms with E-state index in [9.17, 15) is 4.21 Å². The van der Waals surface area contributed by atoms with Crippen LogP contribution in [0.25, 0.3) is 10.8 Å². The van der Waals surface area contributed by atoms with Crippen LogP contribution in [0.2, 0.25) is 0 Å². The van der Waals surface area contributed by atoms with E-state index in [0.29, 0.717) is 17.9 Å². The zero-order chi connectivity index (χ0) is 32.1. The molecule has 4 aromatic carbocycles. The number of hydrogen-bond acceptors (Lipinski definition) is 2. The lowest BCUT2D eigenvalue weighted by molar-refractivity contribution is 0.308. The minimum Gasteiger partial charge on any atom is -0.488 e. The Morgan fingerprint density at radius 2 is 1.37 bits per heavy atom. The van der Waals surface area contributed by atoms with E-state index in [1.165, 1.54) is 97.0 Å². The summed E-state index contributed by atoms with van der Waals surface area (Å²) < 4.78 is 23.0. The molecular formula is C41H52NO2PS. The largest absolute Gasteiger partial charge is 0.488 e. The van der Waals surface area contributed by atoms with Gasteiger partial charge in [0.1, 0.15) is 23.3 Å². The molecule has 0 radical (unpaired) electrons. The van der Waals surface area contributed by atoms with Gasteiger partial charge in [0.2, 0.25) is 0 Å². The summed E-state index contributed by atoms with van der Waals surface area (Å²) in [5, 5.41) is 3.90. The van der Waals surface area contributed by atoms with Crippen LogP contribution in [0.15, 0.2) is 91.0 Å². The Morgan fingerprint density at radius 1 is 0.761 bits per heavy atom. The fourth-order valence-corrected chi connectivity index (χ4v) is 13.1. The second-order valence-electron chi connectivity index (χ2n) is 14.4. The molecule has 0 spiro atoms. The lowest BCUT2D eigenvalue weighted by atomic mass is 9.96. The average Bonchev–Trinajstić information content (AvgIpc) is 3.09. The molecular weight excluding hydrogens is 601 g/mol. The fourth-order valence-electron chi connectivity index (χ4n) is 7.76. The van der Waals surface area contributed by atoms with Gasteiger partial charge in [-0.15, -0.1) is 0 Å². The zero-order valence-corrected chi connectivity index (χ0v) is 30.0. The molecule has 6 rings (SSSR count). The Hall–Kier alpha value is -2.52. The highest BCUT2D eigenvalue weighted by molar-refractivity contribution is 7.84. The molecule has 2 aliphatic carbocycles. The molecule has 3 nitrogen and oxygen atoms in total. The Labute approximate surface area is 281 Å². The van der Waals surface area contributed by atoms with Gasteiger partial charge >= 0.3 is 0 Å². The van der Waals surface area contributed by atoms with Gasteiger partial charge in [-0.05, 0) is 97.4 Å². The van der Waals surface area contributed by atoms with Crippen LogP contribution in [-0.4, -0.2) is 31.6 Å². The second kappa shape index (κ2) is 15.1. The van der Waals surface area contributed by atoms with E-state index >= 15 is 0 Å². The predicted octanol–water partition coefficient (Wildman–Crippen LogP) is 10.7. The molecule has 2 fully saturated rings. The zero-order valence-electron chi connectivity index (χ0n) is 28.3. The maximum atomic E-state index is 14.3. The van der Waals surface area contributed by atoms with E-state index in [4.69, 9.17) is 4.74 Å². The molecule has 0 amide bonds. The lowest BCUT2D eigenvalue weighted by Gasteiger charge is -2.42. The van der Waals surface area contributed by atoms with Crippen molar-refractivity contribution in [2.24, 2.45) is 0 Å². The number of nitrogens with zero attached hydrogens (tertiary/aromatic N) is 1. The Bertz CT molecular complexity index is 1590. The van der Waals surface area contributed by atoms with Crippen molar-refractivity contribution >= 4 is 35.0 Å². The van der Waals surface area contributed by atoms with Crippen molar-refractivity contribution in [1.82, 2.24) is 4.31 Å². The number of fused-ring (bicyclic) bond motifs is 1. The van der Waals surface area contributed by atoms with Crippen molar-refractivity contribution in [2.75, 3.05) is 7.05 Å². The van der Waals surface area contributed by atoms with Crippen LogP contribution in [0.5, 0.6) is 5.75 Å². The highest BCUT2D eigenvalue weighted by Crippen LogP contribution is 2.58.